The summed E-state index contributed by atoms with van der Waals surface area (Å²) in [5.41, 5.74) is 5.12. The number of non-ortho nitro benzene ring substituents is 1. The molecule has 1 rings (SSSR count). The number of hydrogen-bond donors (Lipinski definition) is 2. The molecule has 0 aliphatic carbocycles. The van der Waals surface area contributed by atoms with Crippen molar-refractivity contribution in [2.24, 2.45) is 5.73 Å². The number of ether oxygens (including phenoxy) is 2. The van der Waals surface area contributed by atoms with Crippen LogP contribution in [-0.2, 0) is 4.79 Å². The predicted molar refractivity (Wildman–Crippen MR) is 65.4 cm³/mol. The zero-order valence-corrected chi connectivity index (χ0v) is 10.2. The first-order valence-corrected chi connectivity index (χ1v) is 5.41. The van der Waals surface area contributed by atoms with Gasteiger partial charge in [0.25, 0.3) is 5.69 Å². The minimum atomic E-state index is -1.16. The summed E-state index contributed by atoms with van der Waals surface area (Å²) < 4.78 is 10.2. The van der Waals surface area contributed by atoms with Gasteiger partial charge < -0.3 is 20.3 Å². The summed E-state index contributed by atoms with van der Waals surface area (Å²) in [6.07, 6.45) is -1.00. The molecule has 19 heavy (non-hydrogen) atoms. The van der Waals surface area contributed by atoms with Crippen molar-refractivity contribution in [1.29, 1.82) is 0 Å². The van der Waals surface area contributed by atoms with Crippen LogP contribution in [0.4, 0.5) is 5.69 Å². The van der Waals surface area contributed by atoms with Crippen LogP contribution in [0.15, 0.2) is 18.2 Å². The number of nitro groups is 1. The summed E-state index contributed by atoms with van der Waals surface area (Å²) in [5.74, 6) is -0.947. The molecule has 0 aliphatic heterocycles. The molecule has 1 aromatic rings. The largest absolute Gasteiger partial charge is 0.493 e. The van der Waals surface area contributed by atoms with Gasteiger partial charge in [0.15, 0.2) is 17.6 Å². The maximum Gasteiger partial charge on any atom is 0.344 e. The van der Waals surface area contributed by atoms with Crippen LogP contribution in [0.1, 0.15) is 6.42 Å². The van der Waals surface area contributed by atoms with E-state index in [9.17, 15) is 14.9 Å². The number of benzene rings is 1. The maximum atomic E-state index is 10.9. The molecule has 0 bridgehead atoms. The zero-order valence-electron chi connectivity index (χ0n) is 10.2. The van der Waals surface area contributed by atoms with Gasteiger partial charge in [0, 0.05) is 12.5 Å². The molecule has 1 unspecified atom stereocenters. The molecule has 0 aliphatic rings. The van der Waals surface area contributed by atoms with Crippen LogP contribution in [0.5, 0.6) is 11.5 Å². The fourth-order valence-electron chi connectivity index (χ4n) is 1.40. The lowest BCUT2D eigenvalue weighted by Crippen LogP contribution is -2.29. The maximum absolute atomic E-state index is 10.9. The molecule has 8 heteroatoms. The summed E-state index contributed by atoms with van der Waals surface area (Å²) in [6.45, 7) is 0.145. The Kier molecular flexibility index (Phi) is 5.07. The fraction of sp³-hybridized carbons (Fsp3) is 0.364. The predicted octanol–water partition coefficient (Wildman–Crippen LogP) is 0.784. The number of rotatable bonds is 7. The van der Waals surface area contributed by atoms with Crippen LogP contribution in [0.25, 0.3) is 0 Å². The van der Waals surface area contributed by atoms with Crippen molar-refractivity contribution in [3.8, 4) is 11.5 Å². The van der Waals surface area contributed by atoms with Crippen LogP contribution < -0.4 is 15.2 Å². The molecule has 0 fully saturated rings. The van der Waals surface area contributed by atoms with Gasteiger partial charge >= 0.3 is 5.97 Å². The van der Waals surface area contributed by atoms with E-state index in [1.54, 1.807) is 0 Å². The Morgan fingerprint density at radius 3 is 2.68 bits per heavy atom. The Hall–Kier alpha value is -2.35. The van der Waals surface area contributed by atoms with Crippen molar-refractivity contribution >= 4 is 11.7 Å². The summed E-state index contributed by atoms with van der Waals surface area (Å²) in [5, 5.41) is 19.6. The molecule has 8 nitrogen and oxygen atoms in total. The van der Waals surface area contributed by atoms with Gasteiger partial charge in [-0.25, -0.2) is 4.79 Å². The van der Waals surface area contributed by atoms with Gasteiger partial charge in [-0.15, -0.1) is 0 Å². The van der Waals surface area contributed by atoms with E-state index in [4.69, 9.17) is 20.3 Å². The van der Waals surface area contributed by atoms with Gasteiger partial charge in [-0.05, 0) is 12.6 Å². The van der Waals surface area contributed by atoms with Gasteiger partial charge in [-0.1, -0.05) is 0 Å². The van der Waals surface area contributed by atoms with Gasteiger partial charge in [0.1, 0.15) is 0 Å². The Labute approximate surface area is 108 Å². The molecule has 0 saturated carbocycles. The normalized spacial score (nSPS) is 11.7. The van der Waals surface area contributed by atoms with Crippen LogP contribution in [0.3, 0.4) is 0 Å². The quantitative estimate of drug-likeness (QED) is 0.554. The number of carboxylic acids is 1. The molecule has 0 heterocycles. The summed E-state index contributed by atoms with van der Waals surface area (Å²) in [7, 11) is 1.31. The fourth-order valence-corrected chi connectivity index (χ4v) is 1.40. The first kappa shape index (κ1) is 14.7. The molecule has 0 spiro atoms. The Morgan fingerprint density at radius 2 is 2.21 bits per heavy atom. The van der Waals surface area contributed by atoms with Gasteiger partial charge in [0.2, 0.25) is 0 Å². The summed E-state index contributed by atoms with van der Waals surface area (Å²) in [6, 6.07) is 3.67. The molecule has 1 atom stereocenters. The number of nitrogens with two attached hydrogens (primary N) is 1. The highest BCUT2D eigenvalue weighted by Gasteiger charge is 2.21. The number of hydrogen-bond acceptors (Lipinski definition) is 6. The van der Waals surface area contributed by atoms with Crippen molar-refractivity contribution in [2.45, 2.75) is 12.5 Å². The van der Waals surface area contributed by atoms with Crippen LogP contribution in [0.2, 0.25) is 0 Å². The molecule has 1 aromatic carbocycles. The second kappa shape index (κ2) is 6.55. The third kappa shape index (κ3) is 3.81. The number of methoxy groups -OCH3 is 1. The monoisotopic (exact) mass is 270 g/mol. The second-order valence-electron chi connectivity index (χ2n) is 3.61. The van der Waals surface area contributed by atoms with Crippen molar-refractivity contribution in [2.75, 3.05) is 13.7 Å². The van der Waals surface area contributed by atoms with Gasteiger partial charge in [-0.3, -0.25) is 10.1 Å². The number of nitro benzene ring substituents is 1. The third-order valence-corrected chi connectivity index (χ3v) is 2.33. The lowest BCUT2D eigenvalue weighted by Gasteiger charge is -2.16. The van der Waals surface area contributed by atoms with E-state index in [2.05, 4.69) is 0 Å². The molecule has 3 N–H and O–H groups in total. The molecule has 104 valence electrons. The number of carboxylic acid groups (broad SMARTS) is 1. The highest BCUT2D eigenvalue weighted by Crippen LogP contribution is 2.32. The average Bonchev–Trinajstić information content (AvgIpc) is 2.38. The van der Waals surface area contributed by atoms with Gasteiger partial charge in [-0.2, -0.15) is 0 Å². The van der Waals surface area contributed by atoms with E-state index in [0.29, 0.717) is 0 Å². The van der Waals surface area contributed by atoms with E-state index in [1.165, 1.54) is 19.2 Å². The number of nitrogens with zero attached hydrogens (tertiary/aromatic N) is 1. The van der Waals surface area contributed by atoms with Crippen molar-refractivity contribution in [3.63, 3.8) is 0 Å². The van der Waals surface area contributed by atoms with E-state index >= 15 is 0 Å². The van der Waals surface area contributed by atoms with E-state index < -0.39 is 17.0 Å². The topological polar surface area (TPSA) is 125 Å². The lowest BCUT2D eigenvalue weighted by atomic mass is 10.2. The summed E-state index contributed by atoms with van der Waals surface area (Å²) in [4.78, 5) is 21.0. The van der Waals surface area contributed by atoms with Gasteiger partial charge in [0.05, 0.1) is 18.1 Å². The molecule has 0 saturated heterocycles. The molecule has 0 aromatic heterocycles. The Bertz CT molecular complexity index is 476. The van der Waals surface area contributed by atoms with E-state index in [0.717, 1.165) is 6.07 Å². The minimum absolute atomic E-state index is 0.0949. The van der Waals surface area contributed by atoms with E-state index in [-0.39, 0.29) is 30.2 Å². The minimum Gasteiger partial charge on any atom is -0.493 e. The van der Waals surface area contributed by atoms with Crippen molar-refractivity contribution in [3.05, 3.63) is 28.3 Å². The SMILES string of the molecule is COc1cc([N+](=O)[O-])ccc1OC(CCN)C(=O)O. The van der Waals surface area contributed by atoms with Crippen LogP contribution >= 0.6 is 0 Å². The first-order chi connectivity index (χ1) is 8.99. The van der Waals surface area contributed by atoms with Crippen molar-refractivity contribution < 1.29 is 24.3 Å². The first-order valence-electron chi connectivity index (χ1n) is 5.41. The highest BCUT2D eigenvalue weighted by molar-refractivity contribution is 5.73. The smallest absolute Gasteiger partial charge is 0.344 e. The molecule has 0 amide bonds. The average molecular weight is 270 g/mol. The Balaban J connectivity index is 2.99. The highest BCUT2D eigenvalue weighted by atomic mass is 16.6. The van der Waals surface area contributed by atoms with Crippen LogP contribution in [-0.4, -0.2) is 35.8 Å². The van der Waals surface area contributed by atoms with E-state index in [1.807, 2.05) is 0 Å². The van der Waals surface area contributed by atoms with Crippen LogP contribution in [0, 0.1) is 10.1 Å². The number of aliphatic carboxylic acids is 1. The lowest BCUT2D eigenvalue weighted by molar-refractivity contribution is -0.385. The molecular formula is C11H14N2O6. The Morgan fingerprint density at radius 1 is 1.53 bits per heavy atom. The second-order valence-corrected chi connectivity index (χ2v) is 3.61. The molecular weight excluding hydrogens is 256 g/mol. The summed E-state index contributed by atoms with van der Waals surface area (Å²) >= 11 is 0. The molecule has 0 radical (unpaired) electrons. The standard InChI is InChI=1S/C11H14N2O6/c1-18-10-6-7(13(16)17)2-3-8(10)19-9(4-5-12)11(14)15/h2-3,6,9H,4-5,12H2,1H3,(H,14,15). The number of carbonyl (C=O) groups is 1. The zero-order chi connectivity index (χ0) is 14.4. The van der Waals surface area contributed by atoms with Crippen molar-refractivity contribution in [1.82, 2.24) is 0 Å². The third-order valence-electron chi connectivity index (χ3n) is 2.33.